The molecule has 0 bridgehead atoms. The summed E-state index contributed by atoms with van der Waals surface area (Å²) >= 11 is 11.8. The molecule has 74 valence electrons. The van der Waals surface area contributed by atoms with Gasteiger partial charge < -0.3 is 10.6 Å². The number of urea groups is 1. The molecule has 0 radical (unpaired) electrons. The molecule has 0 aromatic heterocycles. The van der Waals surface area contributed by atoms with E-state index in [9.17, 15) is 4.79 Å². The van der Waals surface area contributed by atoms with Crippen molar-refractivity contribution < 1.29 is 4.79 Å². The van der Waals surface area contributed by atoms with Crippen molar-refractivity contribution in [1.29, 1.82) is 0 Å². The molecule has 3 nitrogen and oxygen atoms in total. The molecule has 1 fully saturated rings. The van der Waals surface area contributed by atoms with Crippen LogP contribution in [0.4, 0.5) is 4.79 Å². The second kappa shape index (κ2) is 3.67. The summed E-state index contributed by atoms with van der Waals surface area (Å²) in [5, 5.41) is 6.59. The van der Waals surface area contributed by atoms with E-state index >= 15 is 0 Å². The number of nitrogens with one attached hydrogen (secondary N) is 2. The normalized spacial score (nSPS) is 20.4. The van der Waals surface area contributed by atoms with Gasteiger partial charge in [0.05, 0.1) is 6.04 Å². The van der Waals surface area contributed by atoms with Crippen LogP contribution >= 0.6 is 23.2 Å². The standard InChI is InChI=1S/C9H8Cl2N2O/c10-5-1-2-6(7(11)3-5)8-4-12-9(14)13-8/h1-3,8H,4H2,(H2,12,13,14)/t8-/m1/s1. The van der Waals surface area contributed by atoms with Crippen molar-refractivity contribution in [2.24, 2.45) is 0 Å². The summed E-state index contributed by atoms with van der Waals surface area (Å²) in [6.45, 7) is 0.556. The molecule has 1 aliphatic rings. The molecule has 0 spiro atoms. The number of hydrogen-bond donors (Lipinski definition) is 2. The Hall–Kier alpha value is -0.930. The molecule has 1 aromatic carbocycles. The van der Waals surface area contributed by atoms with E-state index in [0.29, 0.717) is 16.6 Å². The Labute approximate surface area is 91.4 Å². The zero-order valence-electron chi connectivity index (χ0n) is 7.18. The summed E-state index contributed by atoms with van der Waals surface area (Å²) in [6.07, 6.45) is 0. The molecule has 2 N–H and O–H groups in total. The highest BCUT2D eigenvalue weighted by atomic mass is 35.5. The number of halogens is 2. The second-order valence-electron chi connectivity index (χ2n) is 3.07. The van der Waals surface area contributed by atoms with Crippen LogP contribution in [0.2, 0.25) is 10.0 Å². The molecule has 0 aliphatic carbocycles. The Morgan fingerprint density at radius 2 is 2.14 bits per heavy atom. The van der Waals surface area contributed by atoms with Crippen LogP contribution in [-0.2, 0) is 0 Å². The second-order valence-corrected chi connectivity index (χ2v) is 3.92. The highest BCUT2D eigenvalue weighted by Crippen LogP contribution is 2.27. The van der Waals surface area contributed by atoms with E-state index in [1.807, 2.05) is 6.07 Å². The highest BCUT2D eigenvalue weighted by molar-refractivity contribution is 6.35. The molecular formula is C9H8Cl2N2O. The van der Waals surface area contributed by atoms with Gasteiger partial charge in [0, 0.05) is 16.6 Å². The Morgan fingerprint density at radius 1 is 1.36 bits per heavy atom. The highest BCUT2D eigenvalue weighted by Gasteiger charge is 2.23. The van der Waals surface area contributed by atoms with Crippen LogP contribution in [-0.4, -0.2) is 12.6 Å². The first-order valence-corrected chi connectivity index (χ1v) is 4.92. The van der Waals surface area contributed by atoms with Crippen molar-refractivity contribution in [3.05, 3.63) is 33.8 Å². The summed E-state index contributed by atoms with van der Waals surface area (Å²) in [5.74, 6) is 0. The van der Waals surface area contributed by atoms with Gasteiger partial charge in [-0.2, -0.15) is 0 Å². The van der Waals surface area contributed by atoms with E-state index < -0.39 is 0 Å². The lowest BCUT2D eigenvalue weighted by Crippen LogP contribution is -2.21. The molecule has 1 heterocycles. The van der Waals surface area contributed by atoms with Crippen molar-refractivity contribution in [2.45, 2.75) is 6.04 Å². The van der Waals surface area contributed by atoms with E-state index in [-0.39, 0.29) is 12.1 Å². The van der Waals surface area contributed by atoms with Gasteiger partial charge in [0.15, 0.2) is 0 Å². The van der Waals surface area contributed by atoms with Crippen LogP contribution in [0.3, 0.4) is 0 Å². The molecule has 1 aromatic rings. The van der Waals surface area contributed by atoms with E-state index in [2.05, 4.69) is 10.6 Å². The molecule has 14 heavy (non-hydrogen) atoms. The number of amides is 2. The van der Waals surface area contributed by atoms with Crippen molar-refractivity contribution in [1.82, 2.24) is 10.6 Å². The Bertz CT molecular complexity index is 381. The smallest absolute Gasteiger partial charge is 0.315 e. The van der Waals surface area contributed by atoms with Crippen molar-refractivity contribution in [3.63, 3.8) is 0 Å². The van der Waals surface area contributed by atoms with Gasteiger partial charge in [-0.05, 0) is 17.7 Å². The molecule has 1 saturated heterocycles. The van der Waals surface area contributed by atoms with Gasteiger partial charge >= 0.3 is 6.03 Å². The third-order valence-corrected chi connectivity index (χ3v) is 2.67. The summed E-state index contributed by atoms with van der Waals surface area (Å²) in [6, 6.07) is 5.02. The van der Waals surface area contributed by atoms with Gasteiger partial charge in [0.25, 0.3) is 0 Å². The van der Waals surface area contributed by atoms with E-state index in [0.717, 1.165) is 5.56 Å². The van der Waals surface area contributed by atoms with Gasteiger partial charge in [-0.3, -0.25) is 0 Å². The van der Waals surface area contributed by atoms with E-state index in [1.54, 1.807) is 12.1 Å². The molecule has 2 rings (SSSR count). The van der Waals surface area contributed by atoms with Gasteiger partial charge in [0.1, 0.15) is 0 Å². The summed E-state index contributed by atoms with van der Waals surface area (Å²) < 4.78 is 0. The Morgan fingerprint density at radius 3 is 2.71 bits per heavy atom. The van der Waals surface area contributed by atoms with Crippen molar-refractivity contribution in [2.75, 3.05) is 6.54 Å². The topological polar surface area (TPSA) is 41.1 Å². The van der Waals surface area contributed by atoms with Crippen LogP contribution in [0, 0.1) is 0 Å². The largest absolute Gasteiger partial charge is 0.336 e. The molecule has 1 aliphatic heterocycles. The van der Waals surface area contributed by atoms with Gasteiger partial charge in [-0.15, -0.1) is 0 Å². The minimum atomic E-state index is -0.166. The lowest BCUT2D eigenvalue weighted by Gasteiger charge is -2.10. The van der Waals surface area contributed by atoms with Crippen molar-refractivity contribution >= 4 is 29.2 Å². The van der Waals surface area contributed by atoms with Crippen LogP contribution in [0.1, 0.15) is 11.6 Å². The average Bonchev–Trinajstić information content (AvgIpc) is 2.51. The van der Waals surface area contributed by atoms with Gasteiger partial charge in [-0.1, -0.05) is 29.3 Å². The lowest BCUT2D eigenvalue weighted by molar-refractivity contribution is 0.247. The maximum Gasteiger partial charge on any atom is 0.315 e. The molecule has 2 amide bonds. The average molecular weight is 231 g/mol. The van der Waals surface area contributed by atoms with Crippen LogP contribution in [0.5, 0.6) is 0 Å². The predicted molar refractivity (Wildman–Crippen MR) is 55.7 cm³/mol. The van der Waals surface area contributed by atoms with E-state index in [4.69, 9.17) is 23.2 Å². The Balaban J connectivity index is 2.28. The Kier molecular flexibility index (Phi) is 2.52. The minimum Gasteiger partial charge on any atom is -0.336 e. The van der Waals surface area contributed by atoms with Gasteiger partial charge in [0.2, 0.25) is 0 Å². The summed E-state index contributed by atoms with van der Waals surface area (Å²) in [7, 11) is 0. The van der Waals surface area contributed by atoms with Crippen LogP contribution in [0.15, 0.2) is 18.2 Å². The number of carbonyl (C=O) groups excluding carboxylic acids is 1. The number of benzene rings is 1. The molecule has 1 atom stereocenters. The first-order chi connectivity index (χ1) is 6.66. The number of carbonyl (C=O) groups is 1. The number of hydrogen-bond acceptors (Lipinski definition) is 1. The van der Waals surface area contributed by atoms with Crippen LogP contribution in [0.25, 0.3) is 0 Å². The first kappa shape index (κ1) is 9.62. The zero-order valence-corrected chi connectivity index (χ0v) is 8.69. The quantitative estimate of drug-likeness (QED) is 0.765. The molecule has 0 saturated carbocycles. The minimum absolute atomic E-state index is 0.0627. The third-order valence-electron chi connectivity index (χ3n) is 2.11. The predicted octanol–water partition coefficient (Wildman–Crippen LogP) is 2.35. The summed E-state index contributed by atoms with van der Waals surface area (Å²) in [4.78, 5) is 10.9. The molecule has 5 heteroatoms. The monoisotopic (exact) mass is 230 g/mol. The van der Waals surface area contributed by atoms with Crippen molar-refractivity contribution in [3.8, 4) is 0 Å². The SMILES string of the molecule is O=C1NC[C@H](c2ccc(Cl)cc2Cl)N1. The first-order valence-electron chi connectivity index (χ1n) is 4.16. The fourth-order valence-corrected chi connectivity index (χ4v) is 1.97. The van der Waals surface area contributed by atoms with E-state index in [1.165, 1.54) is 0 Å². The fourth-order valence-electron chi connectivity index (χ4n) is 1.43. The lowest BCUT2D eigenvalue weighted by atomic mass is 10.1. The zero-order chi connectivity index (χ0) is 10.1. The third kappa shape index (κ3) is 1.79. The van der Waals surface area contributed by atoms with Gasteiger partial charge in [-0.25, -0.2) is 4.79 Å². The number of rotatable bonds is 1. The maximum atomic E-state index is 10.9. The summed E-state index contributed by atoms with van der Waals surface area (Å²) in [5.41, 5.74) is 0.884. The fraction of sp³-hybridized carbons (Fsp3) is 0.222. The maximum absolute atomic E-state index is 10.9. The molecular weight excluding hydrogens is 223 g/mol. The molecule has 0 unspecified atom stereocenters. The van der Waals surface area contributed by atoms with Crippen LogP contribution < -0.4 is 10.6 Å².